The molecule has 0 spiro atoms. The van der Waals surface area contributed by atoms with Gasteiger partial charge in [-0.1, -0.05) is 30.3 Å². The van der Waals surface area contributed by atoms with E-state index in [9.17, 15) is 13.2 Å². The summed E-state index contributed by atoms with van der Waals surface area (Å²) in [5.41, 5.74) is 0.904. The highest BCUT2D eigenvalue weighted by atomic mass is 19.3. The van der Waals surface area contributed by atoms with E-state index in [4.69, 9.17) is 9.84 Å². The molecule has 1 N–H and O–H groups in total. The van der Waals surface area contributed by atoms with Crippen molar-refractivity contribution < 1.29 is 23.0 Å². The molecule has 0 aromatic heterocycles. The van der Waals surface area contributed by atoms with Crippen LogP contribution >= 0.6 is 0 Å². The van der Waals surface area contributed by atoms with Crippen LogP contribution in [0.15, 0.2) is 42.7 Å². The second kappa shape index (κ2) is 6.30. The van der Waals surface area contributed by atoms with E-state index in [1.54, 1.807) is 0 Å². The summed E-state index contributed by atoms with van der Waals surface area (Å²) in [6, 6.07) is 9.18. The molecule has 1 aromatic carbocycles. The summed E-state index contributed by atoms with van der Waals surface area (Å²) in [7, 11) is 0. The van der Waals surface area contributed by atoms with Crippen molar-refractivity contribution >= 4 is 0 Å². The van der Waals surface area contributed by atoms with E-state index in [1.165, 1.54) is 0 Å². The highest BCUT2D eigenvalue weighted by Crippen LogP contribution is 2.21. The highest BCUT2D eigenvalue weighted by molar-refractivity contribution is 5.13. The van der Waals surface area contributed by atoms with Gasteiger partial charge >= 0.3 is 0 Å². The third-order valence-corrected chi connectivity index (χ3v) is 2.02. The second-order valence-corrected chi connectivity index (χ2v) is 3.49. The lowest BCUT2D eigenvalue weighted by Crippen LogP contribution is -2.30. The maximum atomic E-state index is 12.7. The number of benzene rings is 1. The zero-order valence-corrected chi connectivity index (χ0v) is 9.02. The summed E-state index contributed by atoms with van der Waals surface area (Å²) in [4.78, 5) is 0. The lowest BCUT2D eigenvalue weighted by atomic mass is 10.2. The molecule has 0 aliphatic carbocycles. The number of ether oxygens (including phenoxy) is 1. The number of rotatable bonds is 6. The minimum Gasteiger partial charge on any atom is -0.497 e. The van der Waals surface area contributed by atoms with E-state index in [-0.39, 0.29) is 6.61 Å². The number of alkyl halides is 3. The van der Waals surface area contributed by atoms with Crippen LogP contribution < -0.4 is 0 Å². The predicted octanol–water partition coefficient (Wildman–Crippen LogP) is 3.03. The Morgan fingerprint density at radius 1 is 1.29 bits per heavy atom. The minimum atomic E-state index is -3.49. The fraction of sp³-hybridized carbons (Fsp3) is 0.333. The Morgan fingerprint density at radius 3 is 2.53 bits per heavy atom. The van der Waals surface area contributed by atoms with E-state index in [1.807, 2.05) is 30.3 Å². The van der Waals surface area contributed by atoms with Crippen LogP contribution in [0.25, 0.3) is 0 Å². The quantitative estimate of drug-likeness (QED) is 0.782. The number of hydrogen-bond donors (Lipinski definition) is 1. The summed E-state index contributed by atoms with van der Waals surface area (Å²) in [5, 5.41) is 8.58. The molecule has 0 aliphatic heterocycles. The van der Waals surface area contributed by atoms with Gasteiger partial charge in [0.2, 0.25) is 0 Å². The average Bonchev–Trinajstić information content (AvgIpc) is 2.29. The topological polar surface area (TPSA) is 29.5 Å². The molecule has 0 amide bonds. The summed E-state index contributed by atoms with van der Waals surface area (Å²) >= 11 is 0. The Hall–Kier alpha value is -1.49. The van der Waals surface area contributed by atoms with E-state index >= 15 is 0 Å². The Morgan fingerprint density at radius 2 is 1.94 bits per heavy atom. The molecule has 94 valence electrons. The summed E-state index contributed by atoms with van der Waals surface area (Å²) < 4.78 is 41.4. The van der Waals surface area contributed by atoms with Gasteiger partial charge in [-0.05, 0) is 11.6 Å². The van der Waals surface area contributed by atoms with Crippen LogP contribution in [0.4, 0.5) is 13.2 Å². The van der Waals surface area contributed by atoms with E-state index in [0.717, 1.165) is 17.9 Å². The first-order valence-corrected chi connectivity index (χ1v) is 5.02. The normalized spacial score (nSPS) is 15.1. The first-order chi connectivity index (χ1) is 8.02. The van der Waals surface area contributed by atoms with Gasteiger partial charge < -0.3 is 9.84 Å². The van der Waals surface area contributed by atoms with Crippen molar-refractivity contribution in [3.8, 4) is 0 Å². The molecule has 2 nitrogen and oxygen atoms in total. The summed E-state index contributed by atoms with van der Waals surface area (Å²) in [5.74, 6) is -3.49. The molecular weight excluding hydrogens is 233 g/mol. The SMILES string of the molecule is OC(F)(C/C=C/OCc1ccccc1)C(F)F. The second-order valence-electron chi connectivity index (χ2n) is 3.49. The van der Waals surface area contributed by atoms with Gasteiger partial charge in [0.25, 0.3) is 12.3 Å². The highest BCUT2D eigenvalue weighted by Gasteiger charge is 2.36. The fourth-order valence-corrected chi connectivity index (χ4v) is 1.09. The molecule has 1 aromatic rings. The lowest BCUT2D eigenvalue weighted by Gasteiger charge is -2.14. The zero-order valence-electron chi connectivity index (χ0n) is 9.02. The van der Waals surface area contributed by atoms with E-state index < -0.39 is 18.7 Å². The molecular formula is C12H13F3O2. The van der Waals surface area contributed by atoms with Crippen LogP contribution in [0, 0.1) is 0 Å². The summed E-state index contributed by atoms with van der Waals surface area (Å²) in [6.07, 6.45) is -2.12. The van der Waals surface area contributed by atoms with Crippen molar-refractivity contribution in [2.24, 2.45) is 0 Å². The first-order valence-electron chi connectivity index (χ1n) is 5.02. The molecule has 0 saturated carbocycles. The number of aliphatic hydroxyl groups is 1. The van der Waals surface area contributed by atoms with Crippen molar-refractivity contribution in [2.45, 2.75) is 25.3 Å². The van der Waals surface area contributed by atoms with Gasteiger partial charge in [0.05, 0.1) is 6.26 Å². The summed E-state index contributed by atoms with van der Waals surface area (Å²) in [6.45, 7) is 0.261. The van der Waals surface area contributed by atoms with Crippen LogP contribution in [0.1, 0.15) is 12.0 Å². The Labute approximate surface area is 97.3 Å². The predicted molar refractivity (Wildman–Crippen MR) is 57.0 cm³/mol. The van der Waals surface area contributed by atoms with Crippen LogP contribution in [0.3, 0.4) is 0 Å². The molecule has 0 radical (unpaired) electrons. The standard InChI is InChI=1S/C12H13F3O2/c13-11(14)12(15,16)7-4-8-17-9-10-5-2-1-3-6-10/h1-6,8,11,16H,7,9H2/b8-4+. The molecule has 0 heterocycles. The Bertz CT molecular complexity index is 350. The first kappa shape index (κ1) is 13.6. The molecule has 0 saturated heterocycles. The van der Waals surface area contributed by atoms with Crippen molar-refractivity contribution in [1.29, 1.82) is 0 Å². The number of hydrogen-bond acceptors (Lipinski definition) is 2. The molecule has 0 bridgehead atoms. The maximum Gasteiger partial charge on any atom is 0.296 e. The molecule has 5 heteroatoms. The van der Waals surface area contributed by atoms with Gasteiger partial charge in [-0.15, -0.1) is 0 Å². The van der Waals surface area contributed by atoms with Crippen LogP contribution in [-0.2, 0) is 11.3 Å². The largest absolute Gasteiger partial charge is 0.497 e. The molecule has 1 unspecified atom stereocenters. The Kier molecular flexibility index (Phi) is 5.03. The molecule has 17 heavy (non-hydrogen) atoms. The van der Waals surface area contributed by atoms with Crippen molar-refractivity contribution in [1.82, 2.24) is 0 Å². The van der Waals surface area contributed by atoms with Gasteiger partial charge in [0.15, 0.2) is 0 Å². The molecule has 0 aliphatic rings. The lowest BCUT2D eigenvalue weighted by molar-refractivity contribution is -0.183. The van der Waals surface area contributed by atoms with Gasteiger partial charge in [-0.3, -0.25) is 0 Å². The van der Waals surface area contributed by atoms with Gasteiger partial charge in [0, 0.05) is 6.42 Å². The molecule has 0 fully saturated rings. The van der Waals surface area contributed by atoms with Crippen LogP contribution in [-0.4, -0.2) is 17.4 Å². The third kappa shape index (κ3) is 4.91. The fourth-order valence-electron chi connectivity index (χ4n) is 1.09. The van der Waals surface area contributed by atoms with E-state index in [2.05, 4.69) is 0 Å². The van der Waals surface area contributed by atoms with Crippen molar-refractivity contribution in [3.63, 3.8) is 0 Å². The average molecular weight is 246 g/mol. The minimum absolute atomic E-state index is 0.261. The van der Waals surface area contributed by atoms with Gasteiger partial charge in [-0.2, -0.15) is 0 Å². The molecule has 1 rings (SSSR count). The smallest absolute Gasteiger partial charge is 0.296 e. The third-order valence-electron chi connectivity index (χ3n) is 2.02. The zero-order chi connectivity index (χ0) is 12.7. The van der Waals surface area contributed by atoms with Gasteiger partial charge in [0.1, 0.15) is 6.61 Å². The maximum absolute atomic E-state index is 12.7. The van der Waals surface area contributed by atoms with Gasteiger partial charge in [-0.25, -0.2) is 13.2 Å². The van der Waals surface area contributed by atoms with Crippen LogP contribution in [0.2, 0.25) is 0 Å². The van der Waals surface area contributed by atoms with Crippen LogP contribution in [0.5, 0.6) is 0 Å². The Balaban J connectivity index is 2.28. The monoisotopic (exact) mass is 246 g/mol. The van der Waals surface area contributed by atoms with E-state index in [0.29, 0.717) is 0 Å². The number of halogens is 3. The van der Waals surface area contributed by atoms with Crippen molar-refractivity contribution in [2.75, 3.05) is 0 Å². The molecule has 1 atom stereocenters. The van der Waals surface area contributed by atoms with Crippen molar-refractivity contribution in [3.05, 3.63) is 48.2 Å².